The molecule has 0 aromatic heterocycles. The summed E-state index contributed by atoms with van der Waals surface area (Å²) in [7, 11) is 0. The van der Waals surface area contributed by atoms with Gasteiger partial charge in [-0.15, -0.1) is 24.0 Å². The molecule has 0 aliphatic carbocycles. The molecule has 1 unspecified atom stereocenters. The average Bonchev–Trinajstić information content (AvgIpc) is 2.73. The van der Waals surface area contributed by atoms with Crippen LogP contribution < -0.4 is 5.32 Å². The molecule has 8 heteroatoms. The lowest BCUT2D eigenvalue weighted by Crippen LogP contribution is -2.47. The van der Waals surface area contributed by atoms with E-state index < -0.39 is 11.6 Å². The monoisotopic (exact) mass is 523 g/mol. The van der Waals surface area contributed by atoms with Crippen LogP contribution in [-0.4, -0.2) is 55.9 Å². The molecule has 2 fully saturated rings. The Balaban J connectivity index is 0.00000300. The second-order valence-electron chi connectivity index (χ2n) is 7.41. The largest absolute Gasteiger partial charge is 0.376 e. The first-order valence-electron chi connectivity index (χ1n) is 10.4. The highest BCUT2D eigenvalue weighted by Crippen LogP contribution is 2.18. The van der Waals surface area contributed by atoms with Gasteiger partial charge in [0.15, 0.2) is 5.96 Å². The van der Waals surface area contributed by atoms with Crippen LogP contribution in [0.1, 0.15) is 44.6 Å². The Bertz CT molecular complexity index is 649. The van der Waals surface area contributed by atoms with Gasteiger partial charge in [-0.25, -0.2) is 13.8 Å². The Morgan fingerprint density at radius 1 is 1.24 bits per heavy atom. The van der Waals surface area contributed by atoms with E-state index in [4.69, 9.17) is 9.47 Å². The summed E-state index contributed by atoms with van der Waals surface area (Å²) in [5.41, 5.74) is 0.265. The van der Waals surface area contributed by atoms with E-state index in [1.165, 1.54) is 12.5 Å². The Morgan fingerprint density at radius 3 is 2.72 bits per heavy atom. The minimum atomic E-state index is -0.448. The highest BCUT2D eigenvalue weighted by molar-refractivity contribution is 14.0. The average molecular weight is 523 g/mol. The lowest BCUT2D eigenvalue weighted by atomic mass is 10.1. The van der Waals surface area contributed by atoms with Gasteiger partial charge in [0.2, 0.25) is 0 Å². The predicted octanol–water partition coefficient (Wildman–Crippen LogP) is 4.10. The van der Waals surface area contributed by atoms with Crippen LogP contribution in [0.5, 0.6) is 0 Å². The van der Waals surface area contributed by atoms with E-state index in [9.17, 15) is 8.78 Å². The number of guanidine groups is 1. The van der Waals surface area contributed by atoms with Gasteiger partial charge in [-0.05, 0) is 57.2 Å². The lowest BCUT2D eigenvalue weighted by molar-refractivity contribution is -0.0721. The van der Waals surface area contributed by atoms with E-state index in [1.54, 1.807) is 0 Å². The van der Waals surface area contributed by atoms with Crippen molar-refractivity contribution in [2.24, 2.45) is 4.99 Å². The van der Waals surface area contributed by atoms with Crippen molar-refractivity contribution in [3.8, 4) is 0 Å². The zero-order valence-electron chi connectivity index (χ0n) is 17.0. The number of ether oxygens (including phenoxy) is 2. The number of aliphatic imine (C=N–C) groups is 1. The molecule has 2 saturated heterocycles. The summed E-state index contributed by atoms with van der Waals surface area (Å²) < 4.78 is 39.0. The van der Waals surface area contributed by atoms with Gasteiger partial charge in [-0.1, -0.05) is 0 Å². The van der Waals surface area contributed by atoms with Crippen LogP contribution >= 0.6 is 24.0 Å². The number of likely N-dealkylation sites (tertiary alicyclic amines) is 1. The van der Waals surface area contributed by atoms with Crippen molar-refractivity contribution in [3.63, 3.8) is 0 Å². The van der Waals surface area contributed by atoms with Crippen molar-refractivity contribution in [2.45, 2.75) is 57.8 Å². The van der Waals surface area contributed by atoms with E-state index in [-0.39, 0.29) is 48.3 Å². The molecule has 2 aliphatic heterocycles. The van der Waals surface area contributed by atoms with Crippen LogP contribution in [0.2, 0.25) is 0 Å². The molecule has 3 rings (SSSR count). The number of hydrogen-bond acceptors (Lipinski definition) is 3. The zero-order chi connectivity index (χ0) is 19.8. The fraction of sp³-hybridized carbons (Fsp3) is 0.667. The molecule has 1 N–H and O–H groups in total. The van der Waals surface area contributed by atoms with Crippen molar-refractivity contribution in [1.82, 2.24) is 10.2 Å². The molecule has 0 amide bonds. The standard InChI is InChI=1S/C21H31F2N3O2.HI/c1-2-24-21(25-14-16-13-17(22)6-7-20(16)23)26-10-8-18(9-11-26)28-15-19-5-3-4-12-27-19;/h6-7,13,18-19H,2-5,8-12,14-15H2,1H3,(H,24,25);1H. The maximum Gasteiger partial charge on any atom is 0.194 e. The summed E-state index contributed by atoms with van der Waals surface area (Å²) in [6.45, 7) is 6.01. The minimum absolute atomic E-state index is 0. The molecule has 0 spiro atoms. The molecular weight excluding hydrogens is 491 g/mol. The Hall–Kier alpha value is -1.00. The van der Waals surface area contributed by atoms with Crippen molar-refractivity contribution in [1.29, 1.82) is 0 Å². The fourth-order valence-electron chi connectivity index (χ4n) is 3.67. The summed E-state index contributed by atoms with van der Waals surface area (Å²) in [6.07, 6.45) is 5.79. The van der Waals surface area contributed by atoms with Gasteiger partial charge < -0.3 is 19.7 Å². The number of benzene rings is 1. The second-order valence-corrected chi connectivity index (χ2v) is 7.41. The summed E-state index contributed by atoms with van der Waals surface area (Å²) in [4.78, 5) is 6.68. The number of nitrogens with one attached hydrogen (secondary N) is 1. The number of halogens is 3. The molecule has 1 atom stereocenters. The fourth-order valence-corrected chi connectivity index (χ4v) is 3.67. The van der Waals surface area contributed by atoms with Gasteiger partial charge in [0.25, 0.3) is 0 Å². The molecule has 0 saturated carbocycles. The highest BCUT2D eigenvalue weighted by atomic mass is 127. The first kappa shape index (κ1) is 24.3. The Morgan fingerprint density at radius 2 is 2.03 bits per heavy atom. The third-order valence-corrected chi connectivity index (χ3v) is 5.28. The van der Waals surface area contributed by atoms with Gasteiger partial charge in [0, 0.05) is 31.8 Å². The minimum Gasteiger partial charge on any atom is -0.376 e. The topological polar surface area (TPSA) is 46.1 Å². The van der Waals surface area contributed by atoms with Gasteiger partial charge >= 0.3 is 0 Å². The van der Waals surface area contributed by atoms with Crippen molar-refractivity contribution < 1.29 is 18.3 Å². The Kier molecular flexibility index (Phi) is 10.6. The van der Waals surface area contributed by atoms with Crippen LogP contribution in [-0.2, 0) is 16.0 Å². The van der Waals surface area contributed by atoms with E-state index in [2.05, 4.69) is 15.2 Å². The second kappa shape index (κ2) is 12.6. The van der Waals surface area contributed by atoms with Gasteiger partial charge in [-0.2, -0.15) is 0 Å². The number of nitrogens with zero attached hydrogens (tertiary/aromatic N) is 2. The summed E-state index contributed by atoms with van der Waals surface area (Å²) in [6, 6.07) is 3.47. The SMILES string of the molecule is CCNC(=NCc1cc(F)ccc1F)N1CCC(OCC2CCCCO2)CC1.I. The van der Waals surface area contributed by atoms with Crippen molar-refractivity contribution in [2.75, 3.05) is 32.8 Å². The summed E-state index contributed by atoms with van der Waals surface area (Å²) >= 11 is 0. The van der Waals surface area contributed by atoms with Crippen LogP contribution in [0, 0.1) is 11.6 Å². The van der Waals surface area contributed by atoms with Gasteiger partial charge in [0.1, 0.15) is 11.6 Å². The van der Waals surface area contributed by atoms with Crippen LogP contribution in [0.15, 0.2) is 23.2 Å². The van der Waals surface area contributed by atoms with E-state index >= 15 is 0 Å². The number of piperidine rings is 1. The first-order chi connectivity index (χ1) is 13.7. The first-order valence-corrected chi connectivity index (χ1v) is 10.4. The van der Waals surface area contributed by atoms with Crippen LogP contribution in [0.4, 0.5) is 8.78 Å². The lowest BCUT2D eigenvalue weighted by Gasteiger charge is -2.35. The summed E-state index contributed by atoms with van der Waals surface area (Å²) in [5.74, 6) is -0.144. The molecule has 5 nitrogen and oxygen atoms in total. The molecule has 2 aliphatic rings. The molecule has 1 aromatic rings. The van der Waals surface area contributed by atoms with Crippen LogP contribution in [0.25, 0.3) is 0 Å². The molecule has 2 heterocycles. The molecular formula is C21H32F2IN3O2. The maximum absolute atomic E-state index is 13.8. The normalized spacial score (nSPS) is 21.0. The van der Waals surface area contributed by atoms with Crippen molar-refractivity contribution >= 4 is 29.9 Å². The van der Waals surface area contributed by atoms with Crippen molar-refractivity contribution in [3.05, 3.63) is 35.4 Å². The smallest absolute Gasteiger partial charge is 0.194 e. The van der Waals surface area contributed by atoms with E-state index in [0.29, 0.717) is 6.61 Å². The number of rotatable bonds is 6. The quantitative estimate of drug-likeness (QED) is 0.347. The van der Waals surface area contributed by atoms with Gasteiger partial charge in [0.05, 0.1) is 25.4 Å². The molecule has 0 bridgehead atoms. The highest BCUT2D eigenvalue weighted by Gasteiger charge is 2.23. The summed E-state index contributed by atoms with van der Waals surface area (Å²) in [5, 5.41) is 3.25. The molecule has 29 heavy (non-hydrogen) atoms. The Labute approximate surface area is 189 Å². The maximum atomic E-state index is 13.8. The van der Waals surface area contributed by atoms with E-state index in [0.717, 1.165) is 70.0 Å². The molecule has 1 aromatic carbocycles. The zero-order valence-corrected chi connectivity index (χ0v) is 19.4. The van der Waals surface area contributed by atoms with Crippen LogP contribution in [0.3, 0.4) is 0 Å². The molecule has 0 radical (unpaired) electrons. The van der Waals surface area contributed by atoms with Gasteiger partial charge in [-0.3, -0.25) is 0 Å². The third-order valence-electron chi connectivity index (χ3n) is 5.28. The third kappa shape index (κ3) is 7.64. The molecule has 164 valence electrons. The predicted molar refractivity (Wildman–Crippen MR) is 121 cm³/mol. The number of hydrogen-bond donors (Lipinski definition) is 1. The van der Waals surface area contributed by atoms with E-state index in [1.807, 2.05) is 6.92 Å².